The molecule has 1 aromatic rings. The van der Waals surface area contributed by atoms with Crippen LogP contribution in [0.3, 0.4) is 0 Å². The lowest BCUT2D eigenvalue weighted by Crippen LogP contribution is -2.36. The number of ether oxygens (including phenoxy) is 1. The summed E-state index contributed by atoms with van der Waals surface area (Å²) in [5, 5.41) is 2.86. The minimum Gasteiger partial charge on any atom is -0.495 e. The smallest absolute Gasteiger partial charge is 0.238 e. The number of nitrogens with one attached hydrogen (secondary N) is 1. The molecular weight excluding hydrogens is 242 g/mol. The van der Waals surface area contributed by atoms with Gasteiger partial charge in [0.2, 0.25) is 5.91 Å². The molecule has 0 spiro atoms. The second-order valence-corrected chi connectivity index (χ2v) is 4.84. The lowest BCUT2D eigenvalue weighted by molar-refractivity contribution is -0.117. The normalized spacial score (nSPS) is 16.1. The molecule has 1 saturated heterocycles. The standard InChI is InChI=1S/C14H21N3O2/c1-19-13-6-5-11(15)9-12(13)16-14(18)10-17-7-3-2-4-8-17/h5-6,9H,2-4,7-8,10,15H2,1H3,(H,16,18). The Morgan fingerprint density at radius 2 is 2.11 bits per heavy atom. The maximum atomic E-state index is 12.0. The minimum absolute atomic E-state index is 0.0224. The zero-order valence-corrected chi connectivity index (χ0v) is 11.3. The number of carbonyl (C=O) groups is 1. The van der Waals surface area contributed by atoms with Gasteiger partial charge in [-0.05, 0) is 44.1 Å². The van der Waals surface area contributed by atoms with Crippen molar-refractivity contribution in [2.75, 3.05) is 37.8 Å². The molecule has 1 amide bonds. The van der Waals surface area contributed by atoms with Crippen LogP contribution >= 0.6 is 0 Å². The summed E-state index contributed by atoms with van der Waals surface area (Å²) in [7, 11) is 1.58. The van der Waals surface area contributed by atoms with Gasteiger partial charge in [0, 0.05) is 5.69 Å². The Kier molecular flexibility index (Phi) is 4.63. The van der Waals surface area contributed by atoms with Crippen molar-refractivity contribution in [3.8, 4) is 5.75 Å². The predicted octanol–water partition coefficient (Wildman–Crippen LogP) is 1.70. The van der Waals surface area contributed by atoms with E-state index >= 15 is 0 Å². The minimum atomic E-state index is -0.0224. The van der Waals surface area contributed by atoms with Crippen molar-refractivity contribution >= 4 is 17.3 Å². The summed E-state index contributed by atoms with van der Waals surface area (Å²) in [6.45, 7) is 2.43. The van der Waals surface area contributed by atoms with Crippen LogP contribution in [0.25, 0.3) is 0 Å². The topological polar surface area (TPSA) is 67.6 Å². The number of methoxy groups -OCH3 is 1. The van der Waals surface area contributed by atoms with E-state index in [0.717, 1.165) is 13.1 Å². The van der Waals surface area contributed by atoms with E-state index in [0.29, 0.717) is 23.7 Å². The predicted molar refractivity (Wildman–Crippen MR) is 76.3 cm³/mol. The highest BCUT2D eigenvalue weighted by molar-refractivity contribution is 5.94. The highest BCUT2D eigenvalue weighted by atomic mass is 16.5. The molecule has 5 nitrogen and oxygen atoms in total. The van der Waals surface area contributed by atoms with Gasteiger partial charge in [0.05, 0.1) is 19.3 Å². The number of likely N-dealkylation sites (tertiary alicyclic amines) is 1. The van der Waals surface area contributed by atoms with Gasteiger partial charge in [0.25, 0.3) is 0 Å². The number of amides is 1. The van der Waals surface area contributed by atoms with Gasteiger partial charge in [-0.2, -0.15) is 0 Å². The number of nitrogens with zero attached hydrogens (tertiary/aromatic N) is 1. The molecule has 0 unspecified atom stereocenters. The Bertz CT molecular complexity index is 442. The van der Waals surface area contributed by atoms with Gasteiger partial charge in [-0.25, -0.2) is 0 Å². The van der Waals surface area contributed by atoms with Crippen molar-refractivity contribution in [3.05, 3.63) is 18.2 Å². The number of rotatable bonds is 4. The third-order valence-electron chi connectivity index (χ3n) is 3.31. The molecule has 3 N–H and O–H groups in total. The molecule has 0 aliphatic carbocycles. The summed E-state index contributed by atoms with van der Waals surface area (Å²) in [5.74, 6) is 0.604. The molecule has 19 heavy (non-hydrogen) atoms. The van der Waals surface area contributed by atoms with Crippen LogP contribution in [0.4, 0.5) is 11.4 Å². The van der Waals surface area contributed by atoms with Crippen molar-refractivity contribution in [2.45, 2.75) is 19.3 Å². The number of piperidine rings is 1. The molecule has 1 fully saturated rings. The second kappa shape index (κ2) is 6.43. The highest BCUT2D eigenvalue weighted by Crippen LogP contribution is 2.26. The third-order valence-corrected chi connectivity index (χ3v) is 3.31. The van der Waals surface area contributed by atoms with Crippen molar-refractivity contribution in [1.82, 2.24) is 4.90 Å². The number of nitrogens with two attached hydrogens (primary N) is 1. The molecule has 1 aliphatic heterocycles. The molecule has 0 radical (unpaired) electrons. The fraction of sp³-hybridized carbons (Fsp3) is 0.500. The second-order valence-electron chi connectivity index (χ2n) is 4.84. The zero-order chi connectivity index (χ0) is 13.7. The van der Waals surface area contributed by atoms with E-state index in [9.17, 15) is 4.79 Å². The summed E-state index contributed by atoms with van der Waals surface area (Å²) in [5.41, 5.74) is 6.96. The first-order valence-corrected chi connectivity index (χ1v) is 6.65. The molecule has 2 rings (SSSR count). The van der Waals surface area contributed by atoms with Crippen LogP contribution in [0.1, 0.15) is 19.3 Å². The van der Waals surface area contributed by atoms with E-state index in [2.05, 4.69) is 10.2 Å². The maximum Gasteiger partial charge on any atom is 0.238 e. The van der Waals surface area contributed by atoms with E-state index in [1.807, 2.05) is 0 Å². The van der Waals surface area contributed by atoms with Crippen LogP contribution < -0.4 is 15.8 Å². The highest BCUT2D eigenvalue weighted by Gasteiger charge is 2.15. The average Bonchev–Trinajstić information content (AvgIpc) is 2.40. The third kappa shape index (κ3) is 3.86. The van der Waals surface area contributed by atoms with E-state index in [1.54, 1.807) is 25.3 Å². The van der Waals surface area contributed by atoms with Crippen LogP contribution in [0.2, 0.25) is 0 Å². The molecule has 0 saturated carbocycles. The van der Waals surface area contributed by atoms with Crippen molar-refractivity contribution in [1.29, 1.82) is 0 Å². The van der Waals surface area contributed by atoms with Crippen molar-refractivity contribution in [3.63, 3.8) is 0 Å². The lowest BCUT2D eigenvalue weighted by Gasteiger charge is -2.25. The number of nitrogen functional groups attached to an aromatic ring is 1. The van der Waals surface area contributed by atoms with Gasteiger partial charge in [-0.15, -0.1) is 0 Å². The molecule has 0 atom stereocenters. The molecule has 0 aromatic heterocycles. The fourth-order valence-corrected chi connectivity index (χ4v) is 2.33. The number of benzene rings is 1. The molecule has 1 heterocycles. The van der Waals surface area contributed by atoms with Gasteiger partial charge in [-0.3, -0.25) is 9.69 Å². The summed E-state index contributed by atoms with van der Waals surface area (Å²) in [6.07, 6.45) is 3.62. The monoisotopic (exact) mass is 263 g/mol. The number of carbonyl (C=O) groups excluding carboxylic acids is 1. The quantitative estimate of drug-likeness (QED) is 0.811. The van der Waals surface area contributed by atoms with Crippen LogP contribution in [-0.2, 0) is 4.79 Å². The Morgan fingerprint density at radius 1 is 1.37 bits per heavy atom. The fourth-order valence-electron chi connectivity index (χ4n) is 2.33. The first-order chi connectivity index (χ1) is 9.19. The molecule has 104 valence electrons. The van der Waals surface area contributed by atoms with Gasteiger partial charge in [-0.1, -0.05) is 6.42 Å². The Balaban J connectivity index is 1.95. The molecular formula is C14H21N3O2. The van der Waals surface area contributed by atoms with Gasteiger partial charge in [0.15, 0.2) is 0 Å². The molecule has 1 aliphatic rings. The van der Waals surface area contributed by atoms with E-state index in [4.69, 9.17) is 10.5 Å². The van der Waals surface area contributed by atoms with Crippen LogP contribution in [0.15, 0.2) is 18.2 Å². The first-order valence-electron chi connectivity index (χ1n) is 6.65. The summed E-state index contributed by atoms with van der Waals surface area (Å²) >= 11 is 0. The maximum absolute atomic E-state index is 12.0. The molecule has 0 bridgehead atoms. The molecule has 1 aromatic carbocycles. The van der Waals surface area contributed by atoms with Gasteiger partial charge >= 0.3 is 0 Å². The number of hydrogen-bond donors (Lipinski definition) is 2. The van der Waals surface area contributed by atoms with Crippen LogP contribution in [0, 0.1) is 0 Å². The van der Waals surface area contributed by atoms with Crippen LogP contribution in [-0.4, -0.2) is 37.6 Å². The number of anilines is 2. The van der Waals surface area contributed by atoms with E-state index in [-0.39, 0.29) is 5.91 Å². The lowest BCUT2D eigenvalue weighted by atomic mass is 10.1. The van der Waals surface area contributed by atoms with Gasteiger partial charge in [0.1, 0.15) is 5.75 Å². The summed E-state index contributed by atoms with van der Waals surface area (Å²) in [4.78, 5) is 14.2. The Labute approximate surface area is 113 Å². The van der Waals surface area contributed by atoms with Gasteiger partial charge < -0.3 is 15.8 Å². The van der Waals surface area contributed by atoms with Crippen molar-refractivity contribution < 1.29 is 9.53 Å². The molecule has 5 heteroatoms. The number of hydrogen-bond acceptors (Lipinski definition) is 4. The summed E-state index contributed by atoms with van der Waals surface area (Å²) in [6, 6.07) is 5.22. The first kappa shape index (κ1) is 13.7. The van der Waals surface area contributed by atoms with E-state index in [1.165, 1.54) is 19.3 Å². The van der Waals surface area contributed by atoms with Crippen LogP contribution in [0.5, 0.6) is 5.75 Å². The van der Waals surface area contributed by atoms with E-state index < -0.39 is 0 Å². The Morgan fingerprint density at radius 3 is 2.79 bits per heavy atom. The Hall–Kier alpha value is -1.75. The average molecular weight is 263 g/mol. The largest absolute Gasteiger partial charge is 0.495 e. The SMILES string of the molecule is COc1ccc(N)cc1NC(=O)CN1CCCCC1. The summed E-state index contributed by atoms with van der Waals surface area (Å²) < 4.78 is 5.21. The zero-order valence-electron chi connectivity index (χ0n) is 11.3. The van der Waals surface area contributed by atoms with Crippen molar-refractivity contribution in [2.24, 2.45) is 0 Å².